The molecule has 0 saturated carbocycles. The molecule has 2 aromatic rings. The van der Waals surface area contributed by atoms with E-state index in [0.717, 1.165) is 29.4 Å². The number of ether oxygens (including phenoxy) is 1. The molecule has 1 aromatic carbocycles. The number of carbonyl (C=O) groups excluding carboxylic acids is 1. The second-order valence-corrected chi connectivity index (χ2v) is 6.28. The van der Waals surface area contributed by atoms with Gasteiger partial charge in [-0.15, -0.1) is 0 Å². The number of nitrogens with zero attached hydrogens (tertiary/aromatic N) is 2. The van der Waals surface area contributed by atoms with Gasteiger partial charge in [0.05, 0.1) is 20.2 Å². The molecular formula is C20H28N2O3. The van der Waals surface area contributed by atoms with Crippen molar-refractivity contribution in [3.05, 3.63) is 53.5 Å². The minimum absolute atomic E-state index is 0.0747. The summed E-state index contributed by atoms with van der Waals surface area (Å²) in [6.07, 6.45) is 0. The summed E-state index contributed by atoms with van der Waals surface area (Å²) in [5.41, 5.74) is 1.14. The number of benzene rings is 1. The zero-order chi connectivity index (χ0) is 18.4. The molecule has 5 nitrogen and oxygen atoms in total. The number of carbonyl (C=O) groups is 1. The Balaban J connectivity index is 2.00. The summed E-state index contributed by atoms with van der Waals surface area (Å²) in [6.45, 7) is 7.72. The number of rotatable bonds is 8. The molecule has 0 aliphatic heterocycles. The Kier molecular flexibility index (Phi) is 6.65. The second-order valence-electron chi connectivity index (χ2n) is 6.28. The zero-order valence-electron chi connectivity index (χ0n) is 15.8. The van der Waals surface area contributed by atoms with Gasteiger partial charge in [0, 0.05) is 13.1 Å². The van der Waals surface area contributed by atoms with Crippen molar-refractivity contribution in [2.24, 2.45) is 0 Å². The molecule has 0 fully saturated rings. The van der Waals surface area contributed by atoms with Gasteiger partial charge in [0.1, 0.15) is 17.3 Å². The van der Waals surface area contributed by atoms with E-state index in [1.807, 2.05) is 44.3 Å². The van der Waals surface area contributed by atoms with Crippen LogP contribution in [0.5, 0.6) is 5.75 Å². The number of hydrogen-bond donors (Lipinski definition) is 0. The molecule has 0 radical (unpaired) electrons. The largest absolute Gasteiger partial charge is 0.497 e. The standard InChI is InChI=1S/C20H28N2O3/c1-6-22(16(3)17-8-7-9-18(12-17)24-5)14-20(23)21(4)13-19-11-10-15(2)25-19/h7-12,16H,6,13-14H2,1-5H3. The van der Waals surface area contributed by atoms with Crippen LogP contribution in [0.2, 0.25) is 0 Å². The number of likely N-dealkylation sites (N-methyl/N-ethyl adjacent to an activating group) is 2. The molecule has 5 heteroatoms. The summed E-state index contributed by atoms with van der Waals surface area (Å²) < 4.78 is 10.9. The van der Waals surface area contributed by atoms with Crippen molar-refractivity contribution in [2.45, 2.75) is 33.4 Å². The smallest absolute Gasteiger partial charge is 0.236 e. The molecule has 0 spiro atoms. The molecule has 0 aliphatic rings. The molecule has 0 bridgehead atoms. The van der Waals surface area contributed by atoms with E-state index in [4.69, 9.17) is 9.15 Å². The highest BCUT2D eigenvalue weighted by atomic mass is 16.5. The fourth-order valence-corrected chi connectivity index (χ4v) is 2.82. The highest BCUT2D eigenvalue weighted by Crippen LogP contribution is 2.23. The van der Waals surface area contributed by atoms with Crippen molar-refractivity contribution < 1.29 is 13.9 Å². The van der Waals surface area contributed by atoms with Crippen LogP contribution in [0.3, 0.4) is 0 Å². The molecule has 1 amide bonds. The first-order valence-corrected chi connectivity index (χ1v) is 8.61. The average molecular weight is 344 g/mol. The molecule has 0 N–H and O–H groups in total. The predicted molar refractivity (Wildman–Crippen MR) is 98.6 cm³/mol. The Bertz CT molecular complexity index is 696. The van der Waals surface area contributed by atoms with Crippen LogP contribution in [0.1, 0.15) is 37.0 Å². The summed E-state index contributed by atoms with van der Waals surface area (Å²) in [5.74, 6) is 2.57. The fourth-order valence-electron chi connectivity index (χ4n) is 2.82. The van der Waals surface area contributed by atoms with Crippen LogP contribution in [0.4, 0.5) is 0 Å². The van der Waals surface area contributed by atoms with Crippen molar-refractivity contribution >= 4 is 5.91 Å². The van der Waals surface area contributed by atoms with Crippen LogP contribution in [0, 0.1) is 6.92 Å². The van der Waals surface area contributed by atoms with E-state index in [9.17, 15) is 4.79 Å². The highest BCUT2D eigenvalue weighted by molar-refractivity contribution is 5.78. The lowest BCUT2D eigenvalue weighted by Gasteiger charge is -2.29. The highest BCUT2D eigenvalue weighted by Gasteiger charge is 2.20. The maximum absolute atomic E-state index is 12.6. The van der Waals surface area contributed by atoms with E-state index in [1.54, 1.807) is 12.0 Å². The average Bonchev–Trinajstić information content (AvgIpc) is 3.03. The molecular weight excluding hydrogens is 316 g/mol. The fraction of sp³-hybridized carbons (Fsp3) is 0.450. The number of amides is 1. The molecule has 1 atom stereocenters. The first kappa shape index (κ1) is 19.1. The van der Waals surface area contributed by atoms with Crippen molar-refractivity contribution in [1.82, 2.24) is 9.80 Å². The lowest BCUT2D eigenvalue weighted by atomic mass is 10.1. The number of furan rings is 1. The van der Waals surface area contributed by atoms with Crippen LogP contribution >= 0.6 is 0 Å². The van der Waals surface area contributed by atoms with Crippen LogP contribution in [-0.2, 0) is 11.3 Å². The van der Waals surface area contributed by atoms with Crippen molar-refractivity contribution in [1.29, 1.82) is 0 Å². The van der Waals surface area contributed by atoms with Crippen LogP contribution in [0.25, 0.3) is 0 Å². The maximum Gasteiger partial charge on any atom is 0.236 e. The lowest BCUT2D eigenvalue weighted by molar-refractivity contribution is -0.132. The quantitative estimate of drug-likeness (QED) is 0.733. The predicted octanol–water partition coefficient (Wildman–Crippen LogP) is 3.64. The van der Waals surface area contributed by atoms with Crippen LogP contribution < -0.4 is 4.74 Å². The van der Waals surface area contributed by atoms with Crippen LogP contribution in [-0.4, -0.2) is 43.0 Å². The molecule has 1 heterocycles. The SMILES string of the molecule is CCN(CC(=O)N(C)Cc1ccc(C)o1)C(C)c1cccc(OC)c1. The Morgan fingerprint density at radius 1 is 1.28 bits per heavy atom. The molecule has 136 valence electrons. The van der Waals surface area contributed by atoms with Gasteiger partial charge in [0.15, 0.2) is 0 Å². The van der Waals surface area contributed by atoms with Gasteiger partial charge in [0.25, 0.3) is 0 Å². The maximum atomic E-state index is 12.6. The van der Waals surface area contributed by atoms with Gasteiger partial charge >= 0.3 is 0 Å². The molecule has 25 heavy (non-hydrogen) atoms. The third-order valence-electron chi connectivity index (χ3n) is 4.48. The normalized spacial score (nSPS) is 12.2. The topological polar surface area (TPSA) is 45.9 Å². The van der Waals surface area contributed by atoms with E-state index in [0.29, 0.717) is 13.1 Å². The number of methoxy groups -OCH3 is 1. The van der Waals surface area contributed by atoms with Gasteiger partial charge < -0.3 is 14.1 Å². The zero-order valence-corrected chi connectivity index (χ0v) is 15.8. The van der Waals surface area contributed by atoms with E-state index in [2.05, 4.69) is 24.8 Å². The Labute approximate surface area is 150 Å². The van der Waals surface area contributed by atoms with E-state index in [-0.39, 0.29) is 11.9 Å². The Morgan fingerprint density at radius 3 is 2.64 bits per heavy atom. The van der Waals surface area contributed by atoms with E-state index < -0.39 is 0 Å². The summed E-state index contributed by atoms with van der Waals surface area (Å²) in [6, 6.07) is 11.9. The third-order valence-corrected chi connectivity index (χ3v) is 4.48. The molecule has 0 saturated heterocycles. The second kappa shape index (κ2) is 8.72. The monoisotopic (exact) mass is 344 g/mol. The Morgan fingerprint density at radius 2 is 2.04 bits per heavy atom. The third kappa shape index (κ3) is 5.10. The van der Waals surface area contributed by atoms with E-state index in [1.165, 1.54) is 0 Å². The first-order valence-electron chi connectivity index (χ1n) is 8.61. The molecule has 2 rings (SSSR count). The number of aryl methyl sites for hydroxylation is 1. The lowest BCUT2D eigenvalue weighted by Crippen LogP contribution is -2.39. The number of hydrogen-bond acceptors (Lipinski definition) is 4. The van der Waals surface area contributed by atoms with Gasteiger partial charge in [0.2, 0.25) is 5.91 Å². The van der Waals surface area contributed by atoms with Crippen molar-refractivity contribution in [3.8, 4) is 5.75 Å². The molecule has 0 aliphatic carbocycles. The van der Waals surface area contributed by atoms with Gasteiger partial charge in [-0.25, -0.2) is 0 Å². The van der Waals surface area contributed by atoms with Crippen molar-refractivity contribution in [3.63, 3.8) is 0 Å². The van der Waals surface area contributed by atoms with Gasteiger partial charge in [-0.05, 0) is 50.2 Å². The molecule has 1 aromatic heterocycles. The van der Waals surface area contributed by atoms with E-state index >= 15 is 0 Å². The molecule has 1 unspecified atom stereocenters. The van der Waals surface area contributed by atoms with Gasteiger partial charge in [-0.3, -0.25) is 9.69 Å². The van der Waals surface area contributed by atoms with Gasteiger partial charge in [-0.1, -0.05) is 19.1 Å². The van der Waals surface area contributed by atoms with Gasteiger partial charge in [-0.2, -0.15) is 0 Å². The summed E-state index contributed by atoms with van der Waals surface area (Å²) in [5, 5.41) is 0. The summed E-state index contributed by atoms with van der Waals surface area (Å²) in [7, 11) is 3.47. The van der Waals surface area contributed by atoms with Crippen LogP contribution in [0.15, 0.2) is 40.8 Å². The first-order chi connectivity index (χ1) is 11.9. The summed E-state index contributed by atoms with van der Waals surface area (Å²) in [4.78, 5) is 16.5. The summed E-state index contributed by atoms with van der Waals surface area (Å²) >= 11 is 0. The van der Waals surface area contributed by atoms with Crippen molar-refractivity contribution in [2.75, 3.05) is 27.2 Å². The minimum atomic E-state index is 0.0747. The minimum Gasteiger partial charge on any atom is -0.497 e. The Hall–Kier alpha value is -2.27.